The molecule has 3 aliphatic rings. The summed E-state index contributed by atoms with van der Waals surface area (Å²) in [7, 11) is 0. The second-order valence-corrected chi connectivity index (χ2v) is 12.9. The largest absolute Gasteiger partial charge is 0.465 e. The number of pyridine rings is 1. The maximum Gasteiger partial charge on any atom is 0.340 e. The van der Waals surface area contributed by atoms with Crippen molar-refractivity contribution in [2.45, 2.75) is 88.7 Å². The van der Waals surface area contributed by atoms with E-state index in [9.17, 15) is 29.4 Å². The Bertz CT molecular complexity index is 1510. The number of hydrogen-bond acceptors (Lipinski definition) is 12. The van der Waals surface area contributed by atoms with Crippen molar-refractivity contribution in [1.29, 1.82) is 0 Å². The van der Waals surface area contributed by atoms with Gasteiger partial charge in [0.05, 0.1) is 28.8 Å². The van der Waals surface area contributed by atoms with Crippen LogP contribution in [0.1, 0.15) is 63.4 Å². The van der Waals surface area contributed by atoms with Gasteiger partial charge in [-0.15, -0.1) is 0 Å². The van der Waals surface area contributed by atoms with Crippen LogP contribution in [-0.2, 0) is 38.1 Å². The number of aliphatic hydroxyl groups excluding tert-OH is 1. The van der Waals surface area contributed by atoms with Gasteiger partial charge in [0.15, 0.2) is 6.10 Å². The first-order valence-corrected chi connectivity index (χ1v) is 15.1. The van der Waals surface area contributed by atoms with E-state index in [-0.39, 0.29) is 18.4 Å². The molecular formula is C34H39NO11. The van der Waals surface area contributed by atoms with Crippen LogP contribution in [0.5, 0.6) is 0 Å². The SMILES string of the molecule is CC(=O)OC[C@@]12[C@@H](OC(=O)/C=C\c3ccccc3)CC[C@](C)(O)[C@]13OC(C)(C)[C@H]([C@@H](OC(C)=O)[C@H]2OC(=O)c1cccnc1)[C@H]3O. The summed E-state index contributed by atoms with van der Waals surface area (Å²) < 4.78 is 30.4. The van der Waals surface area contributed by atoms with Crippen molar-refractivity contribution in [2.75, 3.05) is 6.61 Å². The van der Waals surface area contributed by atoms with Crippen LogP contribution in [0.3, 0.4) is 0 Å². The van der Waals surface area contributed by atoms with Gasteiger partial charge in [-0.25, -0.2) is 9.59 Å². The van der Waals surface area contributed by atoms with Crippen LogP contribution < -0.4 is 0 Å². The van der Waals surface area contributed by atoms with E-state index < -0.39 is 83.0 Å². The van der Waals surface area contributed by atoms with Crippen LogP contribution in [0.4, 0.5) is 0 Å². The molecule has 246 valence electrons. The Morgan fingerprint density at radius 3 is 2.35 bits per heavy atom. The third-order valence-corrected chi connectivity index (χ3v) is 9.52. The van der Waals surface area contributed by atoms with Crippen molar-refractivity contribution in [3.05, 3.63) is 72.1 Å². The number of nitrogens with zero attached hydrogens (tertiary/aromatic N) is 1. The molecule has 12 nitrogen and oxygen atoms in total. The minimum atomic E-state index is -2.05. The minimum Gasteiger partial charge on any atom is -0.465 e. The van der Waals surface area contributed by atoms with Crippen LogP contribution in [-0.4, -0.2) is 86.9 Å². The van der Waals surface area contributed by atoms with Crippen LogP contribution in [0.15, 0.2) is 60.9 Å². The summed E-state index contributed by atoms with van der Waals surface area (Å²) in [6, 6.07) is 12.0. The minimum absolute atomic E-state index is 0.0173. The highest BCUT2D eigenvalue weighted by Crippen LogP contribution is 2.68. The highest BCUT2D eigenvalue weighted by Gasteiger charge is 2.86. The molecule has 1 aliphatic heterocycles. The van der Waals surface area contributed by atoms with Crippen molar-refractivity contribution < 1.29 is 53.1 Å². The number of esters is 4. The molecular weight excluding hydrogens is 598 g/mol. The molecule has 5 rings (SSSR count). The normalized spacial score (nSPS) is 34.3. The van der Waals surface area contributed by atoms with Crippen molar-refractivity contribution in [3.8, 4) is 0 Å². The first kappa shape index (κ1) is 33.2. The summed E-state index contributed by atoms with van der Waals surface area (Å²) in [4.78, 5) is 56.2. The second kappa shape index (κ2) is 12.2. The molecule has 46 heavy (non-hydrogen) atoms. The van der Waals surface area contributed by atoms with E-state index in [0.29, 0.717) is 0 Å². The second-order valence-electron chi connectivity index (χ2n) is 12.9. The van der Waals surface area contributed by atoms with Gasteiger partial charge in [-0.3, -0.25) is 14.6 Å². The quantitative estimate of drug-likeness (QED) is 0.247. The molecule has 0 unspecified atom stereocenters. The van der Waals surface area contributed by atoms with Gasteiger partial charge in [0, 0.05) is 32.3 Å². The van der Waals surface area contributed by atoms with Crippen molar-refractivity contribution >= 4 is 30.0 Å². The molecule has 2 saturated carbocycles. The number of carbonyl (C=O) groups excluding carboxylic acids is 4. The average molecular weight is 638 g/mol. The lowest BCUT2D eigenvalue weighted by molar-refractivity contribution is -0.348. The fraction of sp³-hybridized carbons (Fsp3) is 0.500. The number of benzene rings is 1. The highest BCUT2D eigenvalue weighted by atomic mass is 16.6. The van der Waals surface area contributed by atoms with Gasteiger partial charge in [-0.05, 0) is 57.4 Å². The number of carbonyl (C=O) groups is 4. The fourth-order valence-corrected chi connectivity index (χ4v) is 7.76. The smallest absolute Gasteiger partial charge is 0.340 e. The van der Waals surface area contributed by atoms with Gasteiger partial charge in [0.1, 0.15) is 29.8 Å². The van der Waals surface area contributed by atoms with Gasteiger partial charge in [0.25, 0.3) is 0 Å². The third kappa shape index (κ3) is 5.48. The lowest BCUT2D eigenvalue weighted by atomic mass is 9.46. The van der Waals surface area contributed by atoms with Crippen molar-refractivity contribution in [1.82, 2.24) is 4.98 Å². The molecule has 2 aromatic rings. The summed E-state index contributed by atoms with van der Waals surface area (Å²) >= 11 is 0. The van der Waals surface area contributed by atoms with Gasteiger partial charge < -0.3 is 33.9 Å². The average Bonchev–Trinajstić information content (AvgIpc) is 3.18. The van der Waals surface area contributed by atoms with Crippen molar-refractivity contribution in [2.24, 2.45) is 11.3 Å². The number of hydrogen-bond donors (Lipinski definition) is 2. The Balaban J connectivity index is 1.72. The van der Waals surface area contributed by atoms with E-state index in [2.05, 4.69) is 4.98 Å². The van der Waals surface area contributed by atoms with E-state index in [1.165, 1.54) is 44.4 Å². The molecule has 1 spiro atoms. The molecule has 2 bridgehead atoms. The first-order chi connectivity index (χ1) is 21.7. The highest BCUT2D eigenvalue weighted by molar-refractivity contribution is 5.89. The lowest BCUT2D eigenvalue weighted by Crippen LogP contribution is -2.83. The molecule has 2 N–H and O–H groups in total. The number of ether oxygens (including phenoxy) is 5. The number of aliphatic hydroxyl groups is 2. The van der Waals surface area contributed by atoms with Crippen LogP contribution in [0.25, 0.3) is 6.08 Å². The van der Waals surface area contributed by atoms with Crippen LogP contribution >= 0.6 is 0 Å². The van der Waals surface area contributed by atoms with Gasteiger partial charge >= 0.3 is 23.9 Å². The molecule has 0 amide bonds. The Hall–Kier alpha value is -4.13. The first-order valence-electron chi connectivity index (χ1n) is 15.1. The molecule has 2 heterocycles. The van der Waals surface area contributed by atoms with Crippen molar-refractivity contribution in [3.63, 3.8) is 0 Å². The molecule has 3 fully saturated rings. The van der Waals surface area contributed by atoms with E-state index in [0.717, 1.165) is 12.5 Å². The van der Waals surface area contributed by atoms with E-state index in [1.807, 2.05) is 18.2 Å². The maximum atomic E-state index is 13.7. The van der Waals surface area contributed by atoms with Gasteiger partial charge in [-0.2, -0.15) is 0 Å². The summed E-state index contributed by atoms with van der Waals surface area (Å²) in [5.41, 5.74) is -6.39. The number of rotatable bonds is 8. The van der Waals surface area contributed by atoms with Gasteiger partial charge in [0.2, 0.25) is 0 Å². The lowest BCUT2D eigenvalue weighted by Gasteiger charge is -2.65. The molecule has 1 aromatic carbocycles. The Morgan fingerprint density at radius 1 is 1.00 bits per heavy atom. The van der Waals surface area contributed by atoms with E-state index in [1.54, 1.807) is 32.1 Å². The topological polar surface area (TPSA) is 168 Å². The number of fused-ring (bicyclic) bond motifs is 1. The zero-order chi connectivity index (χ0) is 33.5. The Kier molecular flexibility index (Phi) is 8.84. The standard InChI is InChI=1S/C34H39NO11/c1-20(36)42-19-33-24(44-25(38)14-13-22-10-7-6-8-11-22)15-16-32(5,41)34(33)28(39)26(31(3,4)46-34)27(43-21(2)37)29(33)45-30(40)23-12-9-17-35-18-23/h6-14,17-18,24,26-29,39,41H,15-16,19H2,1-5H3/b14-13-/t24-,26+,27+,28+,29+,32-,33-,34-/m0/s1. The predicted molar refractivity (Wildman–Crippen MR) is 161 cm³/mol. The molecule has 1 saturated heterocycles. The Labute approximate surface area is 266 Å². The maximum absolute atomic E-state index is 13.7. The predicted octanol–water partition coefficient (Wildman–Crippen LogP) is 2.80. The summed E-state index contributed by atoms with van der Waals surface area (Å²) in [5.74, 6) is -4.19. The van der Waals surface area contributed by atoms with E-state index in [4.69, 9.17) is 23.7 Å². The Morgan fingerprint density at radius 2 is 1.72 bits per heavy atom. The van der Waals surface area contributed by atoms with Crippen LogP contribution in [0.2, 0.25) is 0 Å². The zero-order valence-corrected chi connectivity index (χ0v) is 26.4. The van der Waals surface area contributed by atoms with Gasteiger partial charge in [-0.1, -0.05) is 30.3 Å². The summed E-state index contributed by atoms with van der Waals surface area (Å²) in [5, 5.41) is 24.4. The molecule has 12 heteroatoms. The molecule has 8 atom stereocenters. The van der Waals surface area contributed by atoms with E-state index >= 15 is 0 Å². The summed E-state index contributed by atoms with van der Waals surface area (Å²) in [6.45, 7) is 6.47. The molecule has 0 radical (unpaired) electrons. The monoisotopic (exact) mass is 637 g/mol. The molecule has 2 aliphatic carbocycles. The number of aromatic nitrogens is 1. The molecule has 1 aromatic heterocycles. The summed E-state index contributed by atoms with van der Waals surface area (Å²) in [6.07, 6.45) is -0.291. The fourth-order valence-electron chi connectivity index (χ4n) is 7.76. The third-order valence-electron chi connectivity index (χ3n) is 9.52. The van der Waals surface area contributed by atoms with Crippen LogP contribution in [0, 0.1) is 11.3 Å². The zero-order valence-electron chi connectivity index (χ0n) is 26.4.